The number of methoxy groups -OCH3 is 1. The summed E-state index contributed by atoms with van der Waals surface area (Å²) in [6, 6.07) is 2.15. The summed E-state index contributed by atoms with van der Waals surface area (Å²) in [7, 11) is 1.76. The van der Waals surface area contributed by atoms with E-state index in [0.717, 1.165) is 29.1 Å². The van der Waals surface area contributed by atoms with E-state index >= 15 is 0 Å². The van der Waals surface area contributed by atoms with Crippen LogP contribution in [0.25, 0.3) is 0 Å². The van der Waals surface area contributed by atoms with Gasteiger partial charge in [-0.25, -0.2) is 0 Å². The standard InChI is InChI=1S/C15H22BrNO/c1-10-7-14(16)15(18-3)13(11(10)2)8-12-5-4-6-17-9-12/h7,12,17H,4-6,8-9H2,1-3H3. The maximum Gasteiger partial charge on any atom is 0.136 e. The summed E-state index contributed by atoms with van der Waals surface area (Å²) < 4.78 is 6.66. The average molecular weight is 312 g/mol. The van der Waals surface area contributed by atoms with Crippen molar-refractivity contribution in [3.63, 3.8) is 0 Å². The third kappa shape index (κ3) is 2.89. The Morgan fingerprint density at radius 1 is 1.44 bits per heavy atom. The molecular weight excluding hydrogens is 290 g/mol. The van der Waals surface area contributed by atoms with E-state index in [2.05, 4.69) is 41.2 Å². The van der Waals surface area contributed by atoms with Crippen molar-refractivity contribution in [2.24, 2.45) is 5.92 Å². The van der Waals surface area contributed by atoms with Gasteiger partial charge in [-0.05, 0) is 90.8 Å². The average Bonchev–Trinajstić information content (AvgIpc) is 2.37. The number of hydrogen-bond donors (Lipinski definition) is 1. The number of piperidine rings is 1. The molecule has 1 N–H and O–H groups in total. The smallest absolute Gasteiger partial charge is 0.136 e. The Kier molecular flexibility index (Phi) is 4.68. The van der Waals surface area contributed by atoms with Gasteiger partial charge in [0, 0.05) is 0 Å². The zero-order valence-corrected chi connectivity index (χ0v) is 13.1. The predicted octanol–water partition coefficient (Wildman–Crippen LogP) is 3.62. The quantitative estimate of drug-likeness (QED) is 0.920. The normalized spacial score (nSPS) is 19.9. The summed E-state index contributed by atoms with van der Waals surface area (Å²) in [5.74, 6) is 1.75. The van der Waals surface area contributed by atoms with Gasteiger partial charge in [0.05, 0.1) is 11.6 Å². The van der Waals surface area contributed by atoms with Crippen LogP contribution in [-0.4, -0.2) is 20.2 Å². The molecule has 0 radical (unpaired) electrons. The molecule has 0 aliphatic carbocycles. The van der Waals surface area contributed by atoms with E-state index in [1.165, 1.54) is 36.1 Å². The van der Waals surface area contributed by atoms with Gasteiger partial charge >= 0.3 is 0 Å². The molecule has 2 rings (SSSR count). The van der Waals surface area contributed by atoms with Gasteiger partial charge in [0.2, 0.25) is 0 Å². The number of benzene rings is 1. The van der Waals surface area contributed by atoms with Crippen molar-refractivity contribution in [3.05, 3.63) is 27.2 Å². The molecule has 18 heavy (non-hydrogen) atoms. The first-order valence-corrected chi connectivity index (χ1v) is 7.46. The first-order chi connectivity index (χ1) is 8.63. The first-order valence-electron chi connectivity index (χ1n) is 6.66. The summed E-state index contributed by atoms with van der Waals surface area (Å²) in [5, 5.41) is 3.49. The minimum atomic E-state index is 0.736. The number of aryl methyl sites for hydroxylation is 1. The number of rotatable bonds is 3. The van der Waals surface area contributed by atoms with Gasteiger partial charge in [0.1, 0.15) is 5.75 Å². The van der Waals surface area contributed by atoms with Crippen LogP contribution in [0.3, 0.4) is 0 Å². The topological polar surface area (TPSA) is 21.3 Å². The van der Waals surface area contributed by atoms with Crippen LogP contribution in [0.2, 0.25) is 0 Å². The molecule has 1 heterocycles. The molecule has 1 unspecified atom stereocenters. The zero-order valence-electron chi connectivity index (χ0n) is 11.5. The van der Waals surface area contributed by atoms with Crippen molar-refractivity contribution < 1.29 is 4.74 Å². The Balaban J connectivity index is 2.29. The SMILES string of the molecule is COc1c(Br)cc(C)c(C)c1CC1CCCNC1. The molecule has 1 atom stereocenters. The summed E-state index contributed by atoms with van der Waals surface area (Å²) >= 11 is 3.62. The van der Waals surface area contributed by atoms with Gasteiger partial charge in [-0.2, -0.15) is 0 Å². The van der Waals surface area contributed by atoms with Crippen molar-refractivity contribution in [1.29, 1.82) is 0 Å². The molecule has 0 amide bonds. The van der Waals surface area contributed by atoms with Crippen LogP contribution in [0.1, 0.15) is 29.5 Å². The Hall–Kier alpha value is -0.540. The van der Waals surface area contributed by atoms with Gasteiger partial charge < -0.3 is 10.1 Å². The van der Waals surface area contributed by atoms with E-state index in [1.54, 1.807) is 7.11 Å². The highest BCUT2D eigenvalue weighted by Crippen LogP contribution is 2.35. The summed E-state index contributed by atoms with van der Waals surface area (Å²) in [6.45, 7) is 6.68. The highest BCUT2D eigenvalue weighted by molar-refractivity contribution is 9.10. The summed E-state index contributed by atoms with van der Waals surface area (Å²) in [4.78, 5) is 0. The van der Waals surface area contributed by atoms with Crippen LogP contribution < -0.4 is 10.1 Å². The molecule has 1 aromatic carbocycles. The molecule has 100 valence electrons. The van der Waals surface area contributed by atoms with E-state index in [4.69, 9.17) is 4.74 Å². The van der Waals surface area contributed by atoms with Crippen LogP contribution >= 0.6 is 15.9 Å². The predicted molar refractivity (Wildman–Crippen MR) is 79.5 cm³/mol. The number of ether oxygens (including phenoxy) is 1. The maximum absolute atomic E-state index is 5.59. The lowest BCUT2D eigenvalue weighted by atomic mass is 9.89. The third-order valence-corrected chi connectivity index (χ3v) is 4.56. The molecule has 0 spiro atoms. The minimum absolute atomic E-state index is 0.736. The molecule has 3 heteroatoms. The van der Waals surface area contributed by atoms with Gasteiger partial charge in [-0.1, -0.05) is 0 Å². The van der Waals surface area contributed by atoms with Crippen molar-refractivity contribution >= 4 is 15.9 Å². The summed E-state index contributed by atoms with van der Waals surface area (Å²) in [6.07, 6.45) is 3.72. The van der Waals surface area contributed by atoms with Crippen molar-refractivity contribution in [2.75, 3.05) is 20.2 Å². The first kappa shape index (κ1) is 13.9. The van der Waals surface area contributed by atoms with Crippen LogP contribution in [0.15, 0.2) is 10.5 Å². The second-order valence-corrected chi connectivity index (χ2v) is 6.08. The molecule has 0 bridgehead atoms. The molecular formula is C15H22BrNO. The van der Waals surface area contributed by atoms with Gasteiger partial charge in [-0.15, -0.1) is 0 Å². The lowest BCUT2D eigenvalue weighted by Crippen LogP contribution is -2.31. The van der Waals surface area contributed by atoms with Gasteiger partial charge in [0.15, 0.2) is 0 Å². The van der Waals surface area contributed by atoms with Crippen molar-refractivity contribution in [2.45, 2.75) is 33.1 Å². The van der Waals surface area contributed by atoms with E-state index in [9.17, 15) is 0 Å². The highest BCUT2D eigenvalue weighted by atomic mass is 79.9. The lowest BCUT2D eigenvalue weighted by molar-refractivity contribution is 0.362. The van der Waals surface area contributed by atoms with E-state index < -0.39 is 0 Å². The molecule has 1 aliphatic heterocycles. The third-order valence-electron chi connectivity index (χ3n) is 3.97. The van der Waals surface area contributed by atoms with Crippen LogP contribution in [-0.2, 0) is 6.42 Å². The number of hydrogen-bond acceptors (Lipinski definition) is 2. The second kappa shape index (κ2) is 6.07. The largest absolute Gasteiger partial charge is 0.495 e. The minimum Gasteiger partial charge on any atom is -0.495 e. The van der Waals surface area contributed by atoms with Gasteiger partial charge in [0.25, 0.3) is 0 Å². The number of nitrogens with one attached hydrogen (secondary N) is 1. The van der Waals surface area contributed by atoms with Crippen LogP contribution in [0, 0.1) is 19.8 Å². The fourth-order valence-corrected chi connectivity index (χ4v) is 3.51. The Bertz CT molecular complexity index is 425. The van der Waals surface area contributed by atoms with E-state index in [-0.39, 0.29) is 0 Å². The molecule has 1 aromatic rings. The molecule has 0 saturated carbocycles. The van der Waals surface area contributed by atoms with Crippen molar-refractivity contribution in [1.82, 2.24) is 5.32 Å². The molecule has 0 aromatic heterocycles. The fourth-order valence-electron chi connectivity index (χ4n) is 2.77. The highest BCUT2D eigenvalue weighted by Gasteiger charge is 2.19. The number of halogens is 1. The van der Waals surface area contributed by atoms with E-state index in [0.29, 0.717) is 0 Å². The molecule has 1 aliphatic rings. The monoisotopic (exact) mass is 311 g/mol. The van der Waals surface area contributed by atoms with Gasteiger partial charge in [-0.3, -0.25) is 0 Å². The Morgan fingerprint density at radius 2 is 2.22 bits per heavy atom. The van der Waals surface area contributed by atoms with Crippen LogP contribution in [0.4, 0.5) is 0 Å². The van der Waals surface area contributed by atoms with E-state index in [1.807, 2.05) is 0 Å². The lowest BCUT2D eigenvalue weighted by Gasteiger charge is -2.25. The molecule has 2 nitrogen and oxygen atoms in total. The summed E-state index contributed by atoms with van der Waals surface area (Å²) in [5.41, 5.74) is 4.08. The maximum atomic E-state index is 5.59. The fraction of sp³-hybridized carbons (Fsp3) is 0.600. The molecule has 1 fully saturated rings. The zero-order chi connectivity index (χ0) is 13.1. The second-order valence-electron chi connectivity index (χ2n) is 5.23. The van der Waals surface area contributed by atoms with Crippen LogP contribution in [0.5, 0.6) is 5.75 Å². The Labute approximate surface area is 118 Å². The molecule has 1 saturated heterocycles. The Morgan fingerprint density at radius 3 is 2.83 bits per heavy atom. The van der Waals surface area contributed by atoms with Crippen molar-refractivity contribution in [3.8, 4) is 5.75 Å².